The molecule has 1 aromatic rings. The summed E-state index contributed by atoms with van der Waals surface area (Å²) in [6.07, 6.45) is 2.60. The number of aliphatic hydroxyl groups excluding tert-OH is 1. The zero-order chi connectivity index (χ0) is 15.7. The predicted molar refractivity (Wildman–Crippen MR) is 82.6 cm³/mol. The second kappa shape index (κ2) is 6.08. The standard InChI is InChI=1S/C17H22N2O3/c1-12(20)18-7-8-19(11-16(21)10-18)17(22)15-6-5-13-3-2-4-14(13)9-15/h5-6,9,16,21H,2-4,7-8,10-11H2,1H3/t16-/m0/s1. The van der Waals surface area contributed by atoms with Crippen molar-refractivity contribution in [2.75, 3.05) is 26.2 Å². The maximum Gasteiger partial charge on any atom is 0.254 e. The molecule has 0 radical (unpaired) electrons. The first-order valence-corrected chi connectivity index (χ1v) is 7.89. The molecule has 0 aromatic heterocycles. The number of carbonyl (C=O) groups excluding carboxylic acids is 2. The van der Waals surface area contributed by atoms with Crippen molar-refractivity contribution >= 4 is 11.8 Å². The SMILES string of the molecule is CC(=O)N1CCN(C(=O)c2ccc3c(c2)CCC3)C[C@@H](O)C1. The highest BCUT2D eigenvalue weighted by atomic mass is 16.3. The van der Waals surface area contributed by atoms with Crippen LogP contribution in [0.4, 0.5) is 0 Å². The zero-order valence-corrected chi connectivity index (χ0v) is 12.9. The van der Waals surface area contributed by atoms with E-state index in [0.717, 1.165) is 19.3 Å². The Kier molecular flexibility index (Phi) is 4.16. The largest absolute Gasteiger partial charge is 0.389 e. The summed E-state index contributed by atoms with van der Waals surface area (Å²) in [6, 6.07) is 5.92. The third kappa shape index (κ3) is 2.99. The number of rotatable bonds is 1. The molecule has 1 aromatic carbocycles. The van der Waals surface area contributed by atoms with Crippen molar-refractivity contribution in [2.45, 2.75) is 32.3 Å². The summed E-state index contributed by atoms with van der Waals surface area (Å²) >= 11 is 0. The number of aryl methyl sites for hydroxylation is 2. The fraction of sp³-hybridized carbons (Fsp3) is 0.529. The van der Waals surface area contributed by atoms with Gasteiger partial charge in [0.2, 0.25) is 5.91 Å². The van der Waals surface area contributed by atoms with Gasteiger partial charge in [-0.05, 0) is 42.5 Å². The van der Waals surface area contributed by atoms with Crippen molar-refractivity contribution in [3.8, 4) is 0 Å². The lowest BCUT2D eigenvalue weighted by Crippen LogP contribution is -2.37. The molecule has 0 saturated carbocycles. The highest BCUT2D eigenvalue weighted by Gasteiger charge is 2.26. The van der Waals surface area contributed by atoms with Gasteiger partial charge in [0.1, 0.15) is 0 Å². The first-order valence-electron chi connectivity index (χ1n) is 7.89. The fourth-order valence-corrected chi connectivity index (χ4v) is 3.35. The van der Waals surface area contributed by atoms with Crippen molar-refractivity contribution in [1.29, 1.82) is 0 Å². The molecule has 1 atom stereocenters. The summed E-state index contributed by atoms with van der Waals surface area (Å²) < 4.78 is 0. The van der Waals surface area contributed by atoms with E-state index in [0.29, 0.717) is 25.2 Å². The Labute approximate surface area is 130 Å². The molecule has 1 aliphatic carbocycles. The lowest BCUT2D eigenvalue weighted by atomic mass is 10.1. The molecule has 1 saturated heterocycles. The molecule has 0 spiro atoms. The van der Waals surface area contributed by atoms with Crippen LogP contribution in [0.3, 0.4) is 0 Å². The number of benzene rings is 1. The molecule has 1 heterocycles. The van der Waals surface area contributed by atoms with E-state index in [-0.39, 0.29) is 18.4 Å². The molecular formula is C17H22N2O3. The van der Waals surface area contributed by atoms with Crippen LogP contribution in [-0.2, 0) is 17.6 Å². The third-order valence-corrected chi connectivity index (χ3v) is 4.58. The van der Waals surface area contributed by atoms with E-state index in [1.54, 1.807) is 9.80 Å². The number of β-amino-alcohol motifs (C(OH)–C–C–N with tert-alkyl or cyclic N) is 1. The summed E-state index contributed by atoms with van der Waals surface area (Å²) in [4.78, 5) is 27.4. The first-order chi connectivity index (χ1) is 10.5. The lowest BCUT2D eigenvalue weighted by molar-refractivity contribution is -0.129. The average Bonchev–Trinajstić information content (AvgIpc) is 2.87. The molecule has 0 unspecified atom stereocenters. The molecular weight excluding hydrogens is 280 g/mol. The summed E-state index contributed by atoms with van der Waals surface area (Å²) in [7, 11) is 0. The summed E-state index contributed by atoms with van der Waals surface area (Å²) in [6.45, 7) is 3.00. The molecule has 1 fully saturated rings. The Morgan fingerprint density at radius 3 is 2.55 bits per heavy atom. The third-order valence-electron chi connectivity index (χ3n) is 4.58. The van der Waals surface area contributed by atoms with E-state index in [2.05, 4.69) is 0 Å². The molecule has 5 heteroatoms. The number of carbonyl (C=O) groups is 2. The highest BCUT2D eigenvalue weighted by molar-refractivity contribution is 5.94. The second-order valence-corrected chi connectivity index (χ2v) is 6.21. The zero-order valence-electron chi connectivity index (χ0n) is 12.9. The van der Waals surface area contributed by atoms with Crippen LogP contribution >= 0.6 is 0 Å². The molecule has 118 valence electrons. The number of aliphatic hydroxyl groups is 1. The molecule has 0 bridgehead atoms. The van der Waals surface area contributed by atoms with Gasteiger partial charge in [0.05, 0.1) is 6.10 Å². The van der Waals surface area contributed by atoms with Crippen LogP contribution in [0.25, 0.3) is 0 Å². The summed E-state index contributed by atoms with van der Waals surface area (Å²) in [5, 5.41) is 10.0. The predicted octanol–water partition coefficient (Wildman–Crippen LogP) is 0.840. The van der Waals surface area contributed by atoms with Gasteiger partial charge in [-0.15, -0.1) is 0 Å². The Morgan fingerprint density at radius 1 is 1.09 bits per heavy atom. The van der Waals surface area contributed by atoms with Crippen LogP contribution in [0.5, 0.6) is 0 Å². The van der Waals surface area contributed by atoms with Gasteiger partial charge in [0.25, 0.3) is 5.91 Å². The molecule has 2 aliphatic rings. The summed E-state index contributed by atoms with van der Waals surface area (Å²) in [5.41, 5.74) is 3.30. The Balaban J connectivity index is 1.75. The maximum atomic E-state index is 12.7. The molecule has 22 heavy (non-hydrogen) atoms. The quantitative estimate of drug-likeness (QED) is 0.836. The minimum atomic E-state index is -0.690. The Bertz CT molecular complexity index is 600. The smallest absolute Gasteiger partial charge is 0.254 e. The minimum Gasteiger partial charge on any atom is -0.389 e. The number of fused-ring (bicyclic) bond motifs is 1. The van der Waals surface area contributed by atoms with Gasteiger partial charge >= 0.3 is 0 Å². The molecule has 1 aliphatic heterocycles. The van der Waals surface area contributed by atoms with Gasteiger partial charge in [0, 0.05) is 38.7 Å². The number of hydrogen-bond acceptors (Lipinski definition) is 3. The van der Waals surface area contributed by atoms with Crippen molar-refractivity contribution in [3.05, 3.63) is 34.9 Å². The molecule has 2 amide bonds. The summed E-state index contributed by atoms with van der Waals surface area (Å²) in [5.74, 6) is -0.120. The molecule has 1 N–H and O–H groups in total. The first kappa shape index (κ1) is 15.0. The van der Waals surface area contributed by atoms with Crippen molar-refractivity contribution in [2.24, 2.45) is 0 Å². The molecule has 3 rings (SSSR count). The lowest BCUT2D eigenvalue weighted by Gasteiger charge is -2.22. The van der Waals surface area contributed by atoms with E-state index in [4.69, 9.17) is 0 Å². The van der Waals surface area contributed by atoms with Crippen molar-refractivity contribution in [1.82, 2.24) is 9.80 Å². The topological polar surface area (TPSA) is 60.9 Å². The van der Waals surface area contributed by atoms with Crippen LogP contribution < -0.4 is 0 Å². The minimum absolute atomic E-state index is 0.0563. The van der Waals surface area contributed by atoms with Gasteiger partial charge in [-0.3, -0.25) is 9.59 Å². The van der Waals surface area contributed by atoms with E-state index in [9.17, 15) is 14.7 Å². The van der Waals surface area contributed by atoms with Gasteiger partial charge in [-0.25, -0.2) is 0 Å². The van der Waals surface area contributed by atoms with E-state index < -0.39 is 6.10 Å². The van der Waals surface area contributed by atoms with Gasteiger partial charge in [-0.2, -0.15) is 0 Å². The van der Waals surface area contributed by atoms with E-state index in [1.165, 1.54) is 18.1 Å². The van der Waals surface area contributed by atoms with Gasteiger partial charge in [-0.1, -0.05) is 6.07 Å². The van der Waals surface area contributed by atoms with Crippen LogP contribution in [0.2, 0.25) is 0 Å². The van der Waals surface area contributed by atoms with Gasteiger partial charge < -0.3 is 14.9 Å². The van der Waals surface area contributed by atoms with E-state index >= 15 is 0 Å². The fourth-order valence-electron chi connectivity index (χ4n) is 3.35. The Morgan fingerprint density at radius 2 is 1.77 bits per heavy atom. The van der Waals surface area contributed by atoms with Crippen LogP contribution in [0.1, 0.15) is 34.8 Å². The van der Waals surface area contributed by atoms with Crippen LogP contribution in [0, 0.1) is 0 Å². The highest BCUT2D eigenvalue weighted by Crippen LogP contribution is 2.23. The Hall–Kier alpha value is -1.88. The van der Waals surface area contributed by atoms with Crippen LogP contribution in [0.15, 0.2) is 18.2 Å². The average molecular weight is 302 g/mol. The number of amides is 2. The number of nitrogens with zero attached hydrogens (tertiary/aromatic N) is 2. The number of hydrogen-bond donors (Lipinski definition) is 1. The van der Waals surface area contributed by atoms with Crippen molar-refractivity contribution in [3.63, 3.8) is 0 Å². The second-order valence-electron chi connectivity index (χ2n) is 6.21. The van der Waals surface area contributed by atoms with Crippen LogP contribution in [-0.4, -0.2) is 59.0 Å². The van der Waals surface area contributed by atoms with E-state index in [1.807, 2.05) is 18.2 Å². The molecule has 5 nitrogen and oxygen atoms in total. The van der Waals surface area contributed by atoms with Gasteiger partial charge in [0.15, 0.2) is 0 Å². The maximum absolute atomic E-state index is 12.7. The van der Waals surface area contributed by atoms with Crippen molar-refractivity contribution < 1.29 is 14.7 Å². The normalized spacial score (nSPS) is 21.5. The monoisotopic (exact) mass is 302 g/mol.